The lowest BCUT2D eigenvalue weighted by molar-refractivity contribution is -0.0353. The molecule has 0 saturated carbocycles. The number of ether oxygens (including phenoxy) is 7. The first-order chi connectivity index (χ1) is 62.0. The fourth-order valence-electron chi connectivity index (χ4n) is 15.5. The van der Waals surface area contributed by atoms with Crippen molar-refractivity contribution in [3.63, 3.8) is 0 Å². The zero-order chi connectivity index (χ0) is 96.7. The van der Waals surface area contributed by atoms with Crippen LogP contribution >= 0.6 is 34.4 Å². The number of aliphatic hydroxyl groups is 10. The SMILES string of the molecule is C.C.C.C=P(C)(C)CC[C@H]1O[C@@H](n2cnc3c(=O)[nH]c(NCC)nc32)[C@H](O)[C@@H]1O.C=P(C)(C)CC[C@H]1O[C@@H](n2cnc3c(=O)[nH]c(NCCC)nc32)[C@H](O)[C@@H]1O.C=P(C)(C)CC[C@H]1O[C@@H](n2cnc3c(=O)[nH]c(NCCCC)nc32)[C@H](O)[C@@H]1O.C=P(C)(C)CC[C@H]1O[C@@H](n2cnc3c(OC)nc(C)nc32)[C@H](O)[C@@H]1O.C=P(C)(C)CC[C@H]1O[C@@H](n2cnc3c(OCC)nc(C)nc32)[C@H](O)[C@@H]1O. The number of fused-ring (bicyclic) bond motifs is 5. The van der Waals surface area contributed by atoms with Crippen molar-refractivity contribution in [3.05, 3.63) is 74.3 Å². The highest BCUT2D eigenvalue weighted by atomic mass is 31.2. The van der Waals surface area contributed by atoms with E-state index in [1.54, 1.807) is 29.3 Å². The number of unbranched alkanes of at least 4 members (excludes halogenated alkanes) is 1. The van der Waals surface area contributed by atoms with Gasteiger partial charge in [-0.25, -0.2) is 34.9 Å². The second kappa shape index (κ2) is 47.3. The van der Waals surface area contributed by atoms with Crippen LogP contribution in [0.15, 0.2) is 46.0 Å². The second-order valence-corrected chi connectivity index (χ2v) is 59.0. The van der Waals surface area contributed by atoms with Gasteiger partial charge in [0.25, 0.3) is 16.7 Å². The first-order valence-corrected chi connectivity index (χ1v) is 59.5. The van der Waals surface area contributed by atoms with Gasteiger partial charge in [-0.2, -0.15) is 24.9 Å². The molecular weight excluding hydrogens is 1840 g/mol. The number of aromatic nitrogens is 20. The summed E-state index contributed by atoms with van der Waals surface area (Å²) in [5.41, 5.74) is 2.31. The molecule has 5 fully saturated rings. The molecule has 10 aromatic heterocycles. The number of nitrogens with zero attached hydrogens (tertiary/aromatic N) is 17. The van der Waals surface area contributed by atoms with Gasteiger partial charge in [0.1, 0.15) is 72.7 Å². The molecule has 48 heteroatoms. The molecule has 0 unspecified atom stereocenters. The summed E-state index contributed by atoms with van der Waals surface area (Å²) >= 11 is 0. The third-order valence-electron chi connectivity index (χ3n) is 22.6. The Morgan fingerprint density at radius 1 is 0.363 bits per heavy atom. The summed E-state index contributed by atoms with van der Waals surface area (Å²) in [7, 11) is 1.52. The predicted molar refractivity (Wildman–Crippen MR) is 545 cm³/mol. The maximum Gasteiger partial charge on any atom is 0.280 e. The van der Waals surface area contributed by atoms with E-state index in [1.165, 1.54) is 46.1 Å². The molecule has 0 bridgehead atoms. The highest BCUT2D eigenvalue weighted by molar-refractivity contribution is 7.73. The lowest BCUT2D eigenvalue weighted by Gasteiger charge is -2.18. The van der Waals surface area contributed by atoms with Crippen LogP contribution in [0.4, 0.5) is 17.8 Å². The van der Waals surface area contributed by atoms with Crippen LogP contribution in [0.5, 0.6) is 11.8 Å². The van der Waals surface area contributed by atoms with E-state index in [0.717, 1.165) is 50.1 Å². The van der Waals surface area contributed by atoms with Crippen LogP contribution in [-0.4, -0.2) is 403 Å². The van der Waals surface area contributed by atoms with Crippen molar-refractivity contribution in [3.8, 4) is 11.8 Å². The molecule has 16 N–H and O–H groups in total. The Morgan fingerprint density at radius 3 is 0.867 bits per heavy atom. The molecule has 0 aromatic carbocycles. The number of hydrogen-bond donors (Lipinski definition) is 16. The predicted octanol–water partition coefficient (Wildman–Crippen LogP) is 6.00. The van der Waals surface area contributed by atoms with Crippen LogP contribution in [0, 0.1) is 13.8 Å². The van der Waals surface area contributed by atoms with Gasteiger partial charge >= 0.3 is 0 Å². The molecule has 0 amide bonds. The molecule has 0 aliphatic carbocycles. The van der Waals surface area contributed by atoms with Crippen LogP contribution < -0.4 is 42.1 Å². The van der Waals surface area contributed by atoms with Gasteiger partial charge in [0.2, 0.25) is 29.6 Å². The minimum Gasteiger partial charge on any atom is -0.479 e. The van der Waals surface area contributed by atoms with E-state index in [-0.39, 0.29) is 55.5 Å². The summed E-state index contributed by atoms with van der Waals surface area (Å²) in [6.45, 7) is 28.8. The van der Waals surface area contributed by atoms with Crippen molar-refractivity contribution in [1.82, 2.24) is 97.6 Å². The van der Waals surface area contributed by atoms with Gasteiger partial charge in [-0.1, -0.05) is 42.5 Å². The molecule has 135 heavy (non-hydrogen) atoms. The Labute approximate surface area is 788 Å². The third-order valence-corrected chi connectivity index (χ3v) is 30.0. The molecule has 0 radical (unpaired) electrons. The Hall–Kier alpha value is -7.95. The van der Waals surface area contributed by atoms with Gasteiger partial charge in [0.15, 0.2) is 87.0 Å². The average Bonchev–Trinajstić information content (AvgIpc) is 1.64. The van der Waals surface area contributed by atoms with Crippen LogP contribution in [0.25, 0.3) is 55.8 Å². The Balaban J connectivity index is 0.000000206. The maximum absolute atomic E-state index is 12.3. The molecule has 0 spiro atoms. The minimum absolute atomic E-state index is 0. The summed E-state index contributed by atoms with van der Waals surface area (Å²) < 4.78 is 48.3. The molecule has 5 aliphatic heterocycles. The summed E-state index contributed by atoms with van der Waals surface area (Å²) in [5.74, 6) is 2.84. The normalized spacial score (nSPS) is 25.7. The first kappa shape index (κ1) is 112. The molecule has 5 aliphatic rings. The third kappa shape index (κ3) is 27.8. The lowest BCUT2D eigenvalue weighted by atomic mass is 10.1. The quantitative estimate of drug-likeness (QED) is 0.0170. The molecule has 10 aromatic rings. The van der Waals surface area contributed by atoms with E-state index in [9.17, 15) is 65.4 Å². The van der Waals surface area contributed by atoms with Gasteiger partial charge < -0.3 is 100 Å². The number of anilines is 3. The molecule has 5 saturated heterocycles. The number of H-pyrrole nitrogens is 3. The van der Waals surface area contributed by atoms with E-state index in [1.807, 2.05) is 20.8 Å². The minimum atomic E-state index is -1.27. The number of hydrogen-bond acceptors (Lipinski definition) is 35. The number of methoxy groups -OCH3 is 1. The first-order valence-electron chi connectivity index (χ1n) is 44.2. The van der Waals surface area contributed by atoms with Gasteiger partial charge in [-0.3, -0.25) is 52.2 Å². The van der Waals surface area contributed by atoms with E-state index >= 15 is 0 Å². The lowest BCUT2D eigenvalue weighted by Crippen LogP contribution is -2.32. The number of rotatable bonds is 32. The summed E-state index contributed by atoms with van der Waals surface area (Å²) in [5, 5.41) is 114. The van der Waals surface area contributed by atoms with Crippen LogP contribution in [-0.2, 0) is 23.7 Å². The number of nitrogens with one attached hydrogen (secondary N) is 6. The van der Waals surface area contributed by atoms with Gasteiger partial charge in [0.05, 0.1) is 75.9 Å². The summed E-state index contributed by atoms with van der Waals surface area (Å²) in [6, 6.07) is 0. The molecule has 20 atom stereocenters. The van der Waals surface area contributed by atoms with Crippen molar-refractivity contribution in [1.29, 1.82) is 0 Å². The second-order valence-electron chi connectivity index (χ2n) is 37.4. The highest BCUT2D eigenvalue weighted by Gasteiger charge is 2.50. The van der Waals surface area contributed by atoms with Gasteiger partial charge in [-0.15, -0.1) is 65.9 Å². The number of aliphatic hydroxyl groups excluding tert-OH is 10. The van der Waals surface area contributed by atoms with Crippen molar-refractivity contribution in [2.45, 2.75) is 238 Å². The average molecular weight is 1990 g/mol. The standard InChI is InChI=1S/C18H30N5O4P.C17H28N5O4P.C17H27N4O4P.C16H26N5O4P.C16H25N4O4P.3CH4/c1-5-6-8-19-18-21-15-12(16(26)22-18)20-10-23(15)17-14(25)13(24)11(27-17)7-9-28(2,3)4;1-5-7-18-17-20-14-11(15(25)21-17)19-9-22(14)16-13(24)12(23)10(26-16)6-8-27(2,3)4;1-6-24-16-12-15(19-10(2)20-16)21(9-18-12)17-14(23)13(22)11(25-17)7-8-26(3,4)5;1-5-17-16-19-13-10(14(24)20-16)18-8-21(13)15-12(23)11(22)9(25-15)6-7-26(2,3)4;1-9-18-14-11(15(19-9)23-2)17-8-20(14)16-13(22)12(21)10(24-16)6-7-25(3,4)5;;;/h10-11,13-14,17,24-25H,2,5-9H2,1,3-4H3,(H2,19,21,22,26);9-10,12-13,16,23-24H,2,5-8H2,1,3-4H3,(H2,18,20,21,25);9,11,13-14,17,22-23H,3,6-8H2,1-2,4-5H3;8-9,11-12,15,22-23H,2,5-7H2,1,3-4H3,(H2,17,19,20,24);8,10,12-13,16,21-22H,3,6-7H2,1-2,4-5H3;3*1H4/t11-,13-,14-,17-;10-,12-,13-,16-;11-,13-,14-,17-;9-,11-,12-,15-;10-,12-,13-,16-;;;/m11111.../s1. The summed E-state index contributed by atoms with van der Waals surface area (Å²) in [4.78, 5) is 96.1. The van der Waals surface area contributed by atoms with Crippen molar-refractivity contribution in [2.24, 2.45) is 0 Å². The molecule has 15 rings (SSSR count). The van der Waals surface area contributed by atoms with Crippen molar-refractivity contribution >= 4 is 140 Å². The fourth-order valence-corrected chi connectivity index (χ4v) is 20.3. The van der Waals surface area contributed by atoms with E-state index < -0.39 is 157 Å². The van der Waals surface area contributed by atoms with Crippen molar-refractivity contribution in [2.75, 3.05) is 147 Å². The largest absolute Gasteiger partial charge is 0.479 e. The molecule has 756 valence electrons. The zero-order valence-corrected chi connectivity index (χ0v) is 82.9. The van der Waals surface area contributed by atoms with Crippen LogP contribution in [0.3, 0.4) is 0 Å². The van der Waals surface area contributed by atoms with Gasteiger partial charge in [0, 0.05) is 19.6 Å². The van der Waals surface area contributed by atoms with Crippen LogP contribution in [0.2, 0.25) is 0 Å². The van der Waals surface area contributed by atoms with Crippen LogP contribution in [0.1, 0.15) is 144 Å². The Morgan fingerprint density at radius 2 is 0.615 bits per heavy atom. The fraction of sp³-hybridized carbons (Fsp3) is 0.655. The zero-order valence-electron chi connectivity index (χ0n) is 78.4. The number of aryl methyl sites for hydroxylation is 2. The monoisotopic (exact) mass is 1990 g/mol. The molecule has 15 heterocycles. The number of aromatic amines is 3. The maximum atomic E-state index is 12.3. The van der Waals surface area contributed by atoms with Gasteiger partial charge in [-0.05, 0) is 170 Å². The smallest absolute Gasteiger partial charge is 0.280 e. The topological polar surface area (TPSA) is 581 Å². The summed E-state index contributed by atoms with van der Waals surface area (Å²) in [6.07, 6.45) is 21.6. The highest BCUT2D eigenvalue weighted by Crippen LogP contribution is 2.46. The van der Waals surface area contributed by atoms with E-state index in [4.69, 9.17) is 33.2 Å². The Kier molecular flexibility index (Phi) is 39.4. The Bertz CT molecular complexity index is 6030. The van der Waals surface area contributed by atoms with Crippen molar-refractivity contribution < 1.29 is 84.2 Å². The molecular formula is C87H148N23O20P5. The van der Waals surface area contributed by atoms with E-state index in [0.29, 0.717) is 139 Å². The number of imidazole rings is 5. The molecule has 43 nitrogen and oxygen atoms in total. The van der Waals surface area contributed by atoms with E-state index in [2.05, 4.69) is 196 Å².